The van der Waals surface area contributed by atoms with Gasteiger partial charge in [-0.2, -0.15) is 0 Å². The van der Waals surface area contributed by atoms with Gasteiger partial charge in [0.25, 0.3) is 5.91 Å². The molecule has 1 aliphatic rings. The smallest absolute Gasteiger partial charge is 0.308 e. The lowest BCUT2D eigenvalue weighted by Crippen LogP contribution is -2.49. The quantitative estimate of drug-likeness (QED) is 0.147. The summed E-state index contributed by atoms with van der Waals surface area (Å²) in [6.07, 6.45) is 7.62. The second-order valence-corrected chi connectivity index (χ2v) is 14.4. The maximum absolute atomic E-state index is 13.7. The number of nitrogens with zero attached hydrogens (tertiary/aromatic N) is 3. The van der Waals surface area contributed by atoms with Gasteiger partial charge in [0.15, 0.2) is 5.82 Å². The predicted octanol–water partition coefficient (Wildman–Crippen LogP) is 7.01. The molecule has 0 bridgehead atoms. The summed E-state index contributed by atoms with van der Waals surface area (Å²) in [5.74, 6) is -0.684. The van der Waals surface area contributed by atoms with Crippen LogP contribution in [0.2, 0.25) is 0 Å². The number of aliphatic carboxylic acids is 1. The molecule has 2 N–H and O–H groups in total. The third-order valence-corrected chi connectivity index (χ3v) is 10.0. The number of rotatable bonds is 13. The van der Waals surface area contributed by atoms with Crippen LogP contribution in [0.25, 0.3) is 22.5 Å². The number of carbonyl (C=O) groups is 3. The lowest BCUT2D eigenvalue weighted by molar-refractivity contribution is -0.141. The van der Waals surface area contributed by atoms with Gasteiger partial charge in [-0.15, -0.1) is 11.3 Å². The molecule has 1 aliphatic heterocycles. The maximum atomic E-state index is 13.7. The van der Waals surface area contributed by atoms with Crippen LogP contribution in [0.3, 0.4) is 0 Å². The van der Waals surface area contributed by atoms with Crippen LogP contribution in [-0.4, -0.2) is 63.5 Å². The SMILES string of the molecule is CCCCCOc1ccc(-c2cnc(-c3ccc(CC(NC(=O)c4ccc(C(C)(C)C)s4)C(=O)N4CCC(C(=O)O)C4)cc3)nc2)cc1. The number of thiophene rings is 1. The van der Waals surface area contributed by atoms with E-state index in [-0.39, 0.29) is 30.2 Å². The van der Waals surface area contributed by atoms with Crippen molar-refractivity contribution < 1.29 is 24.2 Å². The van der Waals surface area contributed by atoms with Gasteiger partial charge < -0.3 is 20.1 Å². The first-order chi connectivity index (χ1) is 23.0. The first-order valence-corrected chi connectivity index (χ1v) is 17.4. The fraction of sp³-hybridized carbons (Fsp3) is 0.395. The summed E-state index contributed by atoms with van der Waals surface area (Å²) in [6.45, 7) is 9.64. The molecular weight excluding hydrogens is 625 g/mol. The van der Waals surface area contributed by atoms with Crippen LogP contribution in [0.4, 0.5) is 0 Å². The Balaban J connectivity index is 1.26. The van der Waals surface area contributed by atoms with Crippen molar-refractivity contribution in [3.8, 4) is 28.3 Å². The summed E-state index contributed by atoms with van der Waals surface area (Å²) in [7, 11) is 0. The minimum atomic E-state index is -0.911. The van der Waals surface area contributed by atoms with Crippen molar-refractivity contribution in [1.29, 1.82) is 0 Å². The second kappa shape index (κ2) is 15.6. The van der Waals surface area contributed by atoms with E-state index in [9.17, 15) is 19.5 Å². The predicted molar refractivity (Wildman–Crippen MR) is 188 cm³/mol. The van der Waals surface area contributed by atoms with Crippen LogP contribution in [0.15, 0.2) is 73.1 Å². The molecule has 0 spiro atoms. The van der Waals surface area contributed by atoms with Crippen molar-refractivity contribution >= 4 is 29.1 Å². The lowest BCUT2D eigenvalue weighted by atomic mass is 9.95. The molecule has 2 aromatic carbocycles. The topological polar surface area (TPSA) is 122 Å². The molecule has 2 unspecified atom stereocenters. The van der Waals surface area contributed by atoms with Gasteiger partial charge in [-0.3, -0.25) is 14.4 Å². The first-order valence-electron chi connectivity index (χ1n) is 16.6. The number of aromatic nitrogens is 2. The van der Waals surface area contributed by atoms with Crippen molar-refractivity contribution in [1.82, 2.24) is 20.2 Å². The molecular formula is C38H44N4O5S. The van der Waals surface area contributed by atoms with Crippen molar-refractivity contribution in [2.75, 3.05) is 19.7 Å². The fourth-order valence-corrected chi connectivity index (χ4v) is 6.58. The number of carbonyl (C=O) groups excluding carboxylic acids is 2. The van der Waals surface area contributed by atoms with E-state index >= 15 is 0 Å². The van der Waals surface area contributed by atoms with E-state index in [4.69, 9.17) is 4.74 Å². The zero-order valence-corrected chi connectivity index (χ0v) is 28.9. The van der Waals surface area contributed by atoms with E-state index in [1.54, 1.807) is 23.4 Å². The third kappa shape index (κ3) is 8.86. The Morgan fingerprint density at radius 1 is 0.958 bits per heavy atom. The van der Waals surface area contributed by atoms with Gasteiger partial charge in [0.05, 0.1) is 17.4 Å². The monoisotopic (exact) mass is 668 g/mol. The van der Waals surface area contributed by atoms with Gasteiger partial charge in [-0.05, 0) is 53.6 Å². The van der Waals surface area contributed by atoms with E-state index in [0.29, 0.717) is 30.3 Å². The molecule has 2 amide bonds. The Morgan fingerprint density at radius 3 is 2.25 bits per heavy atom. The number of ether oxygens (including phenoxy) is 1. The van der Waals surface area contributed by atoms with Gasteiger partial charge in [0, 0.05) is 47.9 Å². The minimum absolute atomic E-state index is 0.0973. The largest absolute Gasteiger partial charge is 0.494 e. The molecule has 1 fully saturated rings. The van der Waals surface area contributed by atoms with Crippen LogP contribution in [-0.2, 0) is 21.4 Å². The molecule has 0 saturated carbocycles. The Kier molecular flexibility index (Phi) is 11.3. The van der Waals surface area contributed by atoms with Crippen molar-refractivity contribution in [3.63, 3.8) is 0 Å². The van der Waals surface area contributed by atoms with E-state index < -0.39 is 17.9 Å². The molecule has 5 rings (SSSR count). The second-order valence-electron chi connectivity index (χ2n) is 13.3. The normalized spacial score (nSPS) is 15.2. The average Bonchev–Trinajstić information content (AvgIpc) is 3.79. The van der Waals surface area contributed by atoms with Crippen LogP contribution in [0.1, 0.15) is 73.5 Å². The van der Waals surface area contributed by atoms with E-state index in [0.717, 1.165) is 52.1 Å². The van der Waals surface area contributed by atoms with Crippen LogP contribution in [0, 0.1) is 5.92 Å². The summed E-state index contributed by atoms with van der Waals surface area (Å²) < 4.78 is 5.82. The number of unbranched alkanes of at least 4 members (excludes halogenated alkanes) is 2. The molecule has 10 heteroatoms. The Labute approximate surface area is 286 Å². The molecule has 0 aliphatic carbocycles. The highest BCUT2D eigenvalue weighted by Gasteiger charge is 2.35. The van der Waals surface area contributed by atoms with Crippen LogP contribution in [0.5, 0.6) is 5.75 Å². The van der Waals surface area contributed by atoms with Gasteiger partial charge in [-0.25, -0.2) is 9.97 Å². The Bertz CT molecular complexity index is 1690. The molecule has 4 aromatic rings. The standard InChI is InChI=1S/C38H44N4O5S/c1-5-6-7-20-47-30-14-12-26(13-15-30)29-22-39-34(40-23-29)27-10-8-25(9-11-27)21-31(36(44)42-19-18-28(24-42)37(45)46)41-35(43)32-16-17-33(48-32)38(2,3)4/h8-17,22-23,28,31H,5-7,18-21,24H2,1-4H3,(H,41,43)(H,45,46). The summed E-state index contributed by atoms with van der Waals surface area (Å²) in [6, 6.07) is 18.5. The molecule has 2 aromatic heterocycles. The number of likely N-dealkylation sites (tertiary alicyclic amines) is 1. The highest BCUT2D eigenvalue weighted by molar-refractivity contribution is 7.14. The zero-order valence-electron chi connectivity index (χ0n) is 28.1. The highest BCUT2D eigenvalue weighted by Crippen LogP contribution is 2.30. The number of benzene rings is 2. The molecule has 48 heavy (non-hydrogen) atoms. The van der Waals surface area contributed by atoms with Crippen molar-refractivity contribution in [2.24, 2.45) is 5.92 Å². The maximum Gasteiger partial charge on any atom is 0.308 e. The summed E-state index contributed by atoms with van der Waals surface area (Å²) in [5.41, 5.74) is 3.48. The van der Waals surface area contributed by atoms with E-state index in [1.807, 2.05) is 54.6 Å². The van der Waals surface area contributed by atoms with Crippen LogP contribution < -0.4 is 10.1 Å². The molecule has 2 atom stereocenters. The number of carboxylic acids is 1. The summed E-state index contributed by atoms with van der Waals surface area (Å²) in [5, 5.41) is 12.4. The Hall–Kier alpha value is -4.57. The van der Waals surface area contributed by atoms with Gasteiger partial charge in [0.2, 0.25) is 5.91 Å². The number of amides is 2. The number of hydrogen-bond acceptors (Lipinski definition) is 7. The minimum Gasteiger partial charge on any atom is -0.494 e. The summed E-state index contributed by atoms with van der Waals surface area (Å²) in [4.78, 5) is 50.9. The molecule has 252 valence electrons. The highest BCUT2D eigenvalue weighted by atomic mass is 32.1. The zero-order chi connectivity index (χ0) is 34.3. The number of hydrogen-bond donors (Lipinski definition) is 2. The number of nitrogens with one attached hydrogen (secondary N) is 1. The average molecular weight is 669 g/mol. The van der Waals surface area contributed by atoms with Crippen molar-refractivity contribution in [2.45, 2.75) is 71.3 Å². The summed E-state index contributed by atoms with van der Waals surface area (Å²) >= 11 is 1.41. The lowest BCUT2D eigenvalue weighted by Gasteiger charge is -2.24. The van der Waals surface area contributed by atoms with E-state index in [1.165, 1.54) is 11.3 Å². The molecule has 3 heterocycles. The first kappa shape index (κ1) is 34.8. The van der Waals surface area contributed by atoms with Gasteiger partial charge >= 0.3 is 5.97 Å². The number of carboxylic acid groups (broad SMARTS) is 1. The molecule has 9 nitrogen and oxygen atoms in total. The fourth-order valence-electron chi connectivity index (χ4n) is 5.61. The van der Waals surface area contributed by atoms with E-state index in [2.05, 4.69) is 43.0 Å². The van der Waals surface area contributed by atoms with Crippen molar-refractivity contribution in [3.05, 3.63) is 88.4 Å². The third-order valence-electron chi connectivity index (χ3n) is 8.53. The van der Waals surface area contributed by atoms with Crippen LogP contribution >= 0.6 is 11.3 Å². The van der Waals surface area contributed by atoms with Gasteiger partial charge in [-0.1, -0.05) is 76.9 Å². The molecule has 0 radical (unpaired) electrons. The molecule has 1 saturated heterocycles. The Morgan fingerprint density at radius 2 is 1.65 bits per heavy atom. The van der Waals surface area contributed by atoms with Gasteiger partial charge in [0.1, 0.15) is 11.8 Å².